The first-order valence-corrected chi connectivity index (χ1v) is 16.0. The summed E-state index contributed by atoms with van der Waals surface area (Å²) in [6.07, 6.45) is 9.57. The number of nitrogens with two attached hydrogens (primary N) is 1. The lowest BCUT2D eigenvalue weighted by atomic mass is 9.33. The van der Waals surface area contributed by atoms with Gasteiger partial charge in [0.2, 0.25) is 5.91 Å². The van der Waals surface area contributed by atoms with Crippen molar-refractivity contribution in [3.63, 3.8) is 0 Å². The quantitative estimate of drug-likeness (QED) is 0.426. The maximum absolute atomic E-state index is 14.6. The molecule has 0 radical (unpaired) electrons. The van der Waals surface area contributed by atoms with E-state index < -0.39 is 11.5 Å². The van der Waals surface area contributed by atoms with Crippen LogP contribution in [0.2, 0.25) is 0 Å². The van der Waals surface area contributed by atoms with Gasteiger partial charge in [0.05, 0.1) is 5.41 Å². The summed E-state index contributed by atoms with van der Waals surface area (Å²) in [7, 11) is 0. The van der Waals surface area contributed by atoms with Crippen LogP contribution in [0.3, 0.4) is 0 Å². The zero-order chi connectivity index (χ0) is 29.5. The molecule has 6 heteroatoms. The number of rotatable bonds is 4. The second-order valence-corrected chi connectivity index (χ2v) is 15.8. The summed E-state index contributed by atoms with van der Waals surface area (Å²) in [4.78, 5) is 40.6. The molecule has 0 aliphatic heterocycles. The van der Waals surface area contributed by atoms with Crippen LogP contribution < -0.4 is 11.1 Å². The molecule has 0 unspecified atom stereocenters. The summed E-state index contributed by atoms with van der Waals surface area (Å²) in [6.45, 7) is 18.6. The third kappa shape index (κ3) is 3.86. The summed E-state index contributed by atoms with van der Waals surface area (Å²) in [5.41, 5.74) is 5.94. The SMILES string of the molecule is CC(=O)O[C@@H]1CC[C@@]2(C)[C@@H](CC[C@]3(C)[C@@H]2C(=O)C=C2[C@@H]4[C@@H](C)[C@H](C)CC[C@]4(C)CC[C@]23C)[C@@]1(C)C(=O)NCCN. The molecule has 4 fully saturated rings. The Hall–Kier alpha value is -1.69. The fourth-order valence-electron chi connectivity index (χ4n) is 11.4. The molecule has 0 aromatic heterocycles. The lowest BCUT2D eigenvalue weighted by Crippen LogP contribution is -2.69. The Bertz CT molecular complexity index is 1120. The van der Waals surface area contributed by atoms with Crippen LogP contribution in [-0.4, -0.2) is 36.9 Å². The molecule has 3 N–H and O–H groups in total. The number of ether oxygens (including phenoxy) is 1. The number of hydrogen-bond acceptors (Lipinski definition) is 5. The zero-order valence-corrected chi connectivity index (χ0v) is 26.3. The minimum absolute atomic E-state index is 0.0417. The van der Waals surface area contributed by atoms with Crippen molar-refractivity contribution in [2.45, 2.75) is 113 Å². The van der Waals surface area contributed by atoms with Gasteiger partial charge in [-0.05, 0) is 110 Å². The molecule has 0 bridgehead atoms. The van der Waals surface area contributed by atoms with E-state index in [-0.39, 0.29) is 51.2 Å². The fraction of sp³-hybridized carbons (Fsp3) is 0.853. The first-order valence-electron chi connectivity index (χ1n) is 16.0. The third-order valence-electron chi connectivity index (χ3n) is 14.0. The second-order valence-electron chi connectivity index (χ2n) is 15.8. The molecule has 0 aromatic carbocycles. The number of ketones is 1. The largest absolute Gasteiger partial charge is 0.461 e. The number of fused-ring (bicyclic) bond motifs is 7. The maximum atomic E-state index is 14.6. The molecule has 0 heterocycles. The van der Waals surface area contributed by atoms with Gasteiger partial charge in [-0.3, -0.25) is 14.4 Å². The van der Waals surface area contributed by atoms with Crippen molar-refractivity contribution in [1.29, 1.82) is 0 Å². The number of nitrogens with one attached hydrogen (secondary N) is 1. The first kappa shape index (κ1) is 29.8. The molecule has 5 aliphatic carbocycles. The predicted octanol–water partition coefficient (Wildman–Crippen LogP) is 5.83. The molecule has 0 spiro atoms. The van der Waals surface area contributed by atoms with Crippen molar-refractivity contribution in [2.75, 3.05) is 13.1 Å². The number of hydrogen-bond donors (Lipinski definition) is 2. The van der Waals surface area contributed by atoms with E-state index in [4.69, 9.17) is 10.5 Å². The molecular formula is C34H54N2O4. The second kappa shape index (κ2) is 9.67. The van der Waals surface area contributed by atoms with Crippen LogP contribution >= 0.6 is 0 Å². The monoisotopic (exact) mass is 554 g/mol. The molecule has 0 aromatic rings. The minimum Gasteiger partial charge on any atom is -0.461 e. The van der Waals surface area contributed by atoms with Gasteiger partial charge < -0.3 is 15.8 Å². The van der Waals surface area contributed by atoms with E-state index in [0.29, 0.717) is 37.3 Å². The van der Waals surface area contributed by atoms with E-state index in [2.05, 4.69) is 52.9 Å². The van der Waals surface area contributed by atoms with E-state index in [1.165, 1.54) is 31.8 Å². The van der Waals surface area contributed by atoms with Gasteiger partial charge in [0.1, 0.15) is 6.10 Å². The number of esters is 1. The van der Waals surface area contributed by atoms with Gasteiger partial charge in [-0.25, -0.2) is 0 Å². The molecule has 11 atom stereocenters. The van der Waals surface area contributed by atoms with Crippen LogP contribution in [0.5, 0.6) is 0 Å². The van der Waals surface area contributed by atoms with E-state index in [9.17, 15) is 14.4 Å². The Kier molecular flexibility index (Phi) is 7.20. The Balaban J connectivity index is 1.60. The van der Waals surface area contributed by atoms with Gasteiger partial charge >= 0.3 is 5.97 Å². The fourth-order valence-corrected chi connectivity index (χ4v) is 11.4. The Labute approximate surface area is 242 Å². The number of carbonyl (C=O) groups excluding carboxylic acids is 3. The number of allylic oxidation sites excluding steroid dienone is 2. The van der Waals surface area contributed by atoms with Crippen LogP contribution in [0.15, 0.2) is 11.6 Å². The molecule has 6 nitrogen and oxygen atoms in total. The Morgan fingerprint density at radius 3 is 2.35 bits per heavy atom. The summed E-state index contributed by atoms with van der Waals surface area (Å²) in [5.74, 6) is 1.27. The maximum Gasteiger partial charge on any atom is 0.302 e. The average molecular weight is 555 g/mol. The summed E-state index contributed by atoms with van der Waals surface area (Å²) >= 11 is 0. The molecule has 4 saturated carbocycles. The van der Waals surface area contributed by atoms with Crippen LogP contribution in [0.25, 0.3) is 0 Å². The smallest absolute Gasteiger partial charge is 0.302 e. The van der Waals surface area contributed by atoms with Gasteiger partial charge in [-0.15, -0.1) is 0 Å². The first-order chi connectivity index (χ1) is 18.6. The van der Waals surface area contributed by atoms with Crippen molar-refractivity contribution in [3.8, 4) is 0 Å². The van der Waals surface area contributed by atoms with E-state index in [1.807, 2.05) is 6.92 Å². The molecule has 0 saturated heterocycles. The van der Waals surface area contributed by atoms with Gasteiger partial charge in [0.15, 0.2) is 5.78 Å². The minimum atomic E-state index is -0.918. The zero-order valence-electron chi connectivity index (χ0n) is 26.3. The molecule has 1 amide bonds. The van der Waals surface area contributed by atoms with Gasteiger partial charge in [0.25, 0.3) is 0 Å². The average Bonchev–Trinajstić information content (AvgIpc) is 2.88. The number of carbonyl (C=O) groups is 3. The van der Waals surface area contributed by atoms with E-state index in [1.54, 1.807) is 0 Å². The molecule has 40 heavy (non-hydrogen) atoms. The lowest BCUT2D eigenvalue weighted by molar-refractivity contribution is -0.214. The van der Waals surface area contributed by atoms with Crippen LogP contribution in [-0.2, 0) is 19.1 Å². The highest BCUT2D eigenvalue weighted by molar-refractivity contribution is 5.96. The van der Waals surface area contributed by atoms with Crippen molar-refractivity contribution in [3.05, 3.63) is 11.6 Å². The normalized spacial score (nSPS) is 49.9. The van der Waals surface area contributed by atoms with E-state index >= 15 is 0 Å². The lowest BCUT2D eigenvalue weighted by Gasteiger charge is -2.70. The van der Waals surface area contributed by atoms with E-state index in [0.717, 1.165) is 25.7 Å². The highest BCUT2D eigenvalue weighted by Crippen LogP contribution is 2.75. The highest BCUT2D eigenvalue weighted by Gasteiger charge is 2.72. The molecule has 5 rings (SSSR count). The van der Waals surface area contributed by atoms with Crippen LogP contribution in [0.4, 0.5) is 0 Å². The van der Waals surface area contributed by atoms with Gasteiger partial charge in [-0.1, -0.05) is 47.1 Å². The highest BCUT2D eigenvalue weighted by atomic mass is 16.5. The summed E-state index contributed by atoms with van der Waals surface area (Å²) < 4.78 is 5.86. The van der Waals surface area contributed by atoms with Gasteiger partial charge in [-0.2, -0.15) is 0 Å². The molecule has 224 valence electrons. The van der Waals surface area contributed by atoms with Crippen molar-refractivity contribution in [1.82, 2.24) is 5.32 Å². The topological polar surface area (TPSA) is 98.5 Å². The molecular weight excluding hydrogens is 500 g/mol. The third-order valence-corrected chi connectivity index (χ3v) is 14.0. The summed E-state index contributed by atoms with van der Waals surface area (Å²) in [5, 5.41) is 3.03. The number of amides is 1. The van der Waals surface area contributed by atoms with Gasteiger partial charge in [0, 0.05) is 25.9 Å². The van der Waals surface area contributed by atoms with Crippen molar-refractivity contribution < 1.29 is 19.1 Å². The van der Waals surface area contributed by atoms with Crippen LogP contribution in [0.1, 0.15) is 107 Å². The Morgan fingerprint density at radius 2 is 1.70 bits per heavy atom. The predicted molar refractivity (Wildman–Crippen MR) is 157 cm³/mol. The molecule has 5 aliphatic rings. The summed E-state index contributed by atoms with van der Waals surface area (Å²) in [6, 6.07) is 0. The standard InChI is InChI=1S/C34H54N2O4/c1-20-9-12-30(4)15-16-32(6)23(27(30)21(20)2)19-24(38)28-31(5)13-11-26(40-22(3)37)34(8,29(39)36-18-17-35)25(31)10-14-33(28,32)7/h19-21,25-28H,9-18,35H2,1-8H3,(H,36,39)/t20-,21+,25-,26-,27+,28-,30-,31+,32-,33-,34-/m1/s1. The van der Waals surface area contributed by atoms with Crippen molar-refractivity contribution >= 4 is 17.7 Å². The van der Waals surface area contributed by atoms with Crippen molar-refractivity contribution in [2.24, 2.45) is 62.4 Å². The Morgan fingerprint density at radius 1 is 1.00 bits per heavy atom. The van der Waals surface area contributed by atoms with Crippen LogP contribution in [0, 0.1) is 56.7 Å².